The molecule has 5 nitrogen and oxygen atoms in total. The summed E-state index contributed by atoms with van der Waals surface area (Å²) in [6, 6.07) is 22.3. The lowest BCUT2D eigenvalue weighted by Gasteiger charge is -2.04. The normalized spacial score (nSPS) is 10.0. The van der Waals surface area contributed by atoms with E-state index in [4.69, 9.17) is 5.53 Å². The number of benzene rings is 2. The van der Waals surface area contributed by atoms with Gasteiger partial charge in [0.2, 0.25) is 18.0 Å². The molecule has 0 bridgehead atoms. The van der Waals surface area contributed by atoms with Gasteiger partial charge in [-0.25, -0.2) is 0 Å². The van der Waals surface area contributed by atoms with Gasteiger partial charge >= 0.3 is 0 Å². The van der Waals surface area contributed by atoms with E-state index in [1.165, 1.54) is 0 Å². The first kappa shape index (κ1) is 15.5. The van der Waals surface area contributed by atoms with Gasteiger partial charge in [0.15, 0.2) is 6.20 Å². The van der Waals surface area contributed by atoms with Crippen LogP contribution in [0.5, 0.6) is 0 Å². The monoisotopic (exact) mass is 315 g/mol. The van der Waals surface area contributed by atoms with Gasteiger partial charge in [-0.1, -0.05) is 47.6 Å². The van der Waals surface area contributed by atoms with Crippen molar-refractivity contribution in [1.82, 2.24) is 0 Å². The first-order valence-electron chi connectivity index (χ1n) is 7.50. The number of hydrogen-bond acceptors (Lipinski definition) is 2. The minimum Gasteiger partial charge on any atom is -0.287 e. The molecule has 2 aromatic carbocycles. The van der Waals surface area contributed by atoms with Crippen LogP contribution in [-0.2, 0) is 6.54 Å². The SMILES string of the molecule is [N-]=[N+]=Nc1cccc(-c2cccc[n+]2CC(=O)c2ccccc2)c1. The van der Waals surface area contributed by atoms with Crippen molar-refractivity contribution in [1.29, 1.82) is 0 Å². The number of azide groups is 1. The second-order valence-corrected chi connectivity index (χ2v) is 5.24. The van der Waals surface area contributed by atoms with Crippen LogP contribution in [0.3, 0.4) is 0 Å². The largest absolute Gasteiger partial charge is 0.287 e. The summed E-state index contributed by atoms with van der Waals surface area (Å²) in [6.07, 6.45) is 1.87. The van der Waals surface area contributed by atoms with Crippen LogP contribution in [0, 0.1) is 0 Å². The number of carbonyl (C=O) groups is 1. The van der Waals surface area contributed by atoms with Crippen molar-refractivity contribution in [2.75, 3.05) is 0 Å². The molecule has 3 rings (SSSR count). The van der Waals surface area contributed by atoms with Gasteiger partial charge in [0.05, 0.1) is 0 Å². The maximum Gasteiger partial charge on any atom is 0.227 e. The third-order valence-electron chi connectivity index (χ3n) is 3.65. The predicted octanol–water partition coefficient (Wildman–Crippen LogP) is 4.47. The number of aromatic nitrogens is 1. The fourth-order valence-electron chi connectivity index (χ4n) is 2.53. The molecule has 0 aliphatic rings. The van der Waals surface area contributed by atoms with Gasteiger partial charge in [-0.15, -0.1) is 0 Å². The highest BCUT2D eigenvalue weighted by Crippen LogP contribution is 2.21. The molecule has 0 fully saturated rings. The third-order valence-corrected chi connectivity index (χ3v) is 3.65. The number of nitrogens with zero attached hydrogens (tertiary/aromatic N) is 4. The van der Waals surface area contributed by atoms with E-state index in [1.54, 1.807) is 12.1 Å². The number of carbonyl (C=O) groups excluding carboxylic acids is 1. The van der Waals surface area contributed by atoms with Crippen molar-refractivity contribution >= 4 is 11.5 Å². The lowest BCUT2D eigenvalue weighted by atomic mass is 10.1. The van der Waals surface area contributed by atoms with Crippen LogP contribution in [-0.4, -0.2) is 5.78 Å². The molecule has 1 aromatic heterocycles. The van der Waals surface area contributed by atoms with E-state index in [-0.39, 0.29) is 12.3 Å². The quantitative estimate of drug-likeness (QED) is 0.225. The van der Waals surface area contributed by atoms with Gasteiger partial charge < -0.3 is 0 Å². The Hall–Kier alpha value is -3.43. The Bertz CT molecular complexity index is 915. The summed E-state index contributed by atoms with van der Waals surface area (Å²) in [5.41, 5.74) is 11.6. The van der Waals surface area contributed by atoms with E-state index in [1.807, 2.05) is 71.4 Å². The Morgan fingerprint density at radius 3 is 2.58 bits per heavy atom. The minimum atomic E-state index is 0.0410. The Kier molecular flexibility index (Phi) is 4.65. The standard InChI is InChI=1S/C19H15N4O/c20-22-21-17-10-6-9-16(13-17)18-11-4-5-12-23(18)14-19(24)15-7-2-1-3-8-15/h1-13H,14H2/q+1. The molecule has 5 heteroatoms. The van der Waals surface area contributed by atoms with Gasteiger partial charge in [0.25, 0.3) is 0 Å². The molecular formula is C19H15N4O+. The van der Waals surface area contributed by atoms with E-state index in [2.05, 4.69) is 10.0 Å². The smallest absolute Gasteiger partial charge is 0.227 e. The van der Waals surface area contributed by atoms with Gasteiger partial charge in [0, 0.05) is 33.9 Å². The lowest BCUT2D eigenvalue weighted by Crippen LogP contribution is -2.39. The second-order valence-electron chi connectivity index (χ2n) is 5.24. The van der Waals surface area contributed by atoms with Crippen LogP contribution in [0.4, 0.5) is 5.69 Å². The second kappa shape index (κ2) is 7.22. The molecule has 0 spiro atoms. The van der Waals surface area contributed by atoms with Crippen LogP contribution in [0.2, 0.25) is 0 Å². The van der Waals surface area contributed by atoms with Crippen LogP contribution in [0.1, 0.15) is 10.4 Å². The highest BCUT2D eigenvalue weighted by molar-refractivity contribution is 5.95. The Balaban J connectivity index is 1.95. The average molecular weight is 315 g/mol. The molecule has 0 saturated carbocycles. The number of ketones is 1. The predicted molar refractivity (Wildman–Crippen MR) is 91.7 cm³/mol. The van der Waals surface area contributed by atoms with Crippen molar-refractivity contribution in [3.63, 3.8) is 0 Å². The van der Waals surface area contributed by atoms with Crippen molar-refractivity contribution in [3.8, 4) is 11.3 Å². The minimum absolute atomic E-state index is 0.0410. The number of hydrogen-bond donors (Lipinski definition) is 0. The summed E-state index contributed by atoms with van der Waals surface area (Å²) in [5, 5.41) is 3.64. The van der Waals surface area contributed by atoms with Crippen molar-refractivity contribution in [2.45, 2.75) is 6.54 Å². The third kappa shape index (κ3) is 3.48. The van der Waals surface area contributed by atoms with Crippen molar-refractivity contribution in [3.05, 3.63) is 95.0 Å². The molecule has 24 heavy (non-hydrogen) atoms. The van der Waals surface area contributed by atoms with E-state index in [0.29, 0.717) is 11.3 Å². The Labute approximate surface area is 139 Å². The molecule has 116 valence electrons. The van der Waals surface area contributed by atoms with Gasteiger partial charge in [-0.05, 0) is 23.7 Å². The lowest BCUT2D eigenvalue weighted by molar-refractivity contribution is -0.672. The zero-order valence-electron chi connectivity index (χ0n) is 12.9. The number of rotatable bonds is 5. The average Bonchev–Trinajstić information content (AvgIpc) is 2.63. The summed E-state index contributed by atoms with van der Waals surface area (Å²) in [4.78, 5) is 15.3. The van der Waals surface area contributed by atoms with Crippen molar-refractivity contribution < 1.29 is 9.36 Å². The molecule has 0 N–H and O–H groups in total. The molecule has 3 aromatic rings. The maximum atomic E-state index is 12.5. The Morgan fingerprint density at radius 1 is 1.00 bits per heavy atom. The molecule has 0 unspecified atom stereocenters. The van der Waals surface area contributed by atoms with Crippen LogP contribution >= 0.6 is 0 Å². The van der Waals surface area contributed by atoms with Crippen LogP contribution in [0.15, 0.2) is 84.1 Å². The Morgan fingerprint density at radius 2 is 1.79 bits per heavy atom. The highest BCUT2D eigenvalue weighted by Gasteiger charge is 2.17. The first-order chi connectivity index (χ1) is 11.8. The molecule has 0 aliphatic heterocycles. The number of pyridine rings is 1. The number of Topliss-reactive ketones (excluding diaryl/α,β-unsaturated/α-hetero) is 1. The maximum absolute atomic E-state index is 12.5. The zero-order chi connectivity index (χ0) is 16.8. The summed E-state index contributed by atoms with van der Waals surface area (Å²) < 4.78 is 1.89. The molecule has 1 heterocycles. The van der Waals surface area contributed by atoms with E-state index in [9.17, 15) is 4.79 Å². The summed E-state index contributed by atoms with van der Waals surface area (Å²) in [7, 11) is 0. The fraction of sp³-hybridized carbons (Fsp3) is 0.0526. The molecule has 0 aliphatic carbocycles. The van der Waals surface area contributed by atoms with Gasteiger partial charge in [0.1, 0.15) is 0 Å². The topological polar surface area (TPSA) is 69.7 Å². The highest BCUT2D eigenvalue weighted by atomic mass is 16.1. The molecular weight excluding hydrogens is 300 g/mol. The summed E-state index contributed by atoms with van der Waals surface area (Å²) in [6.45, 7) is 0.242. The van der Waals surface area contributed by atoms with Crippen LogP contribution in [0.25, 0.3) is 21.7 Å². The molecule has 0 saturated heterocycles. The molecule has 0 amide bonds. The fourth-order valence-corrected chi connectivity index (χ4v) is 2.53. The summed E-state index contributed by atoms with van der Waals surface area (Å²) >= 11 is 0. The molecule has 0 atom stereocenters. The van der Waals surface area contributed by atoms with Crippen LogP contribution < -0.4 is 4.57 Å². The van der Waals surface area contributed by atoms with Gasteiger partial charge in [-0.3, -0.25) is 4.79 Å². The van der Waals surface area contributed by atoms with Crippen molar-refractivity contribution in [2.24, 2.45) is 5.11 Å². The first-order valence-corrected chi connectivity index (χ1v) is 7.50. The van der Waals surface area contributed by atoms with E-state index < -0.39 is 0 Å². The zero-order valence-corrected chi connectivity index (χ0v) is 12.9. The van der Waals surface area contributed by atoms with Gasteiger partial charge in [-0.2, -0.15) is 4.57 Å². The molecule has 0 radical (unpaired) electrons. The van der Waals surface area contributed by atoms with E-state index in [0.717, 1.165) is 11.3 Å². The summed E-state index contributed by atoms with van der Waals surface area (Å²) in [5.74, 6) is 0.0410. The van der Waals surface area contributed by atoms with E-state index >= 15 is 0 Å².